The summed E-state index contributed by atoms with van der Waals surface area (Å²) in [5, 5.41) is 24.1. The van der Waals surface area contributed by atoms with E-state index in [0.29, 0.717) is 12.3 Å². The van der Waals surface area contributed by atoms with Crippen molar-refractivity contribution < 1.29 is 19.6 Å². The number of nitro groups is 1. The molecule has 1 aromatic heterocycles. The number of para-hydroxylation sites is 1. The maximum atomic E-state index is 11.1. The average molecular weight is 291 g/mol. The van der Waals surface area contributed by atoms with E-state index in [2.05, 4.69) is 5.10 Å². The van der Waals surface area contributed by atoms with Gasteiger partial charge in [-0.2, -0.15) is 5.10 Å². The van der Waals surface area contributed by atoms with Gasteiger partial charge in [0.1, 0.15) is 5.56 Å². The lowest BCUT2D eigenvalue weighted by molar-refractivity contribution is -0.386. The van der Waals surface area contributed by atoms with Crippen LogP contribution >= 0.6 is 0 Å². The topological polar surface area (TPSA) is 107 Å². The first-order valence-electron chi connectivity index (χ1n) is 6.24. The van der Waals surface area contributed by atoms with E-state index in [9.17, 15) is 14.9 Å². The number of hydrogen-bond acceptors (Lipinski definition) is 5. The summed E-state index contributed by atoms with van der Waals surface area (Å²) in [5.74, 6) is -1.20. The smallest absolute Gasteiger partial charge is 0.342 e. The molecule has 8 nitrogen and oxygen atoms in total. The van der Waals surface area contributed by atoms with Gasteiger partial charge in [-0.05, 0) is 18.6 Å². The number of carbonyl (C=O) groups is 1. The molecule has 8 heteroatoms. The highest BCUT2D eigenvalue weighted by Crippen LogP contribution is 2.34. The van der Waals surface area contributed by atoms with Crippen molar-refractivity contribution >= 4 is 11.7 Å². The Labute approximate surface area is 119 Å². The molecule has 2 aromatic rings. The molecule has 0 aliphatic carbocycles. The molecule has 0 saturated heterocycles. The van der Waals surface area contributed by atoms with Crippen LogP contribution in [-0.2, 0) is 6.54 Å². The highest BCUT2D eigenvalue weighted by molar-refractivity contribution is 5.93. The molecule has 0 saturated carbocycles. The Hall–Kier alpha value is -2.90. The van der Waals surface area contributed by atoms with Gasteiger partial charge >= 0.3 is 11.7 Å². The zero-order valence-electron chi connectivity index (χ0n) is 11.2. The van der Waals surface area contributed by atoms with Crippen molar-refractivity contribution in [2.24, 2.45) is 0 Å². The van der Waals surface area contributed by atoms with E-state index >= 15 is 0 Å². The van der Waals surface area contributed by atoms with Crippen molar-refractivity contribution in [2.75, 3.05) is 0 Å². The zero-order chi connectivity index (χ0) is 15.4. The van der Waals surface area contributed by atoms with Crippen molar-refractivity contribution in [1.29, 1.82) is 0 Å². The predicted molar refractivity (Wildman–Crippen MR) is 72.6 cm³/mol. The summed E-state index contributed by atoms with van der Waals surface area (Å²) in [6, 6.07) is 3.90. The number of benzene rings is 1. The second-order valence-electron chi connectivity index (χ2n) is 4.26. The van der Waals surface area contributed by atoms with Gasteiger partial charge in [0.15, 0.2) is 5.75 Å². The predicted octanol–water partition coefficient (Wildman–Crippen LogP) is 2.69. The molecule has 2 rings (SSSR count). The third-order valence-electron chi connectivity index (χ3n) is 2.70. The molecule has 1 aromatic carbocycles. The van der Waals surface area contributed by atoms with E-state index in [4.69, 9.17) is 9.84 Å². The van der Waals surface area contributed by atoms with Crippen molar-refractivity contribution in [1.82, 2.24) is 9.78 Å². The number of hydrogen-bond donors (Lipinski definition) is 1. The van der Waals surface area contributed by atoms with Gasteiger partial charge in [-0.3, -0.25) is 14.8 Å². The van der Waals surface area contributed by atoms with Crippen LogP contribution in [0.2, 0.25) is 0 Å². The lowest BCUT2D eigenvalue weighted by Crippen LogP contribution is -2.04. The Kier molecular flexibility index (Phi) is 4.17. The first-order valence-corrected chi connectivity index (χ1v) is 6.24. The summed E-state index contributed by atoms with van der Waals surface area (Å²) in [6.45, 7) is 2.68. The number of rotatable bonds is 6. The number of nitro benzene ring substituents is 1. The van der Waals surface area contributed by atoms with E-state index in [1.807, 2.05) is 6.92 Å². The van der Waals surface area contributed by atoms with Crippen LogP contribution in [0.4, 0.5) is 5.69 Å². The fraction of sp³-hybridized carbons (Fsp3) is 0.231. The number of aromatic carboxylic acids is 1. The van der Waals surface area contributed by atoms with E-state index in [0.717, 1.165) is 12.5 Å². The van der Waals surface area contributed by atoms with E-state index in [1.165, 1.54) is 18.3 Å². The van der Waals surface area contributed by atoms with Crippen LogP contribution in [-0.4, -0.2) is 25.8 Å². The van der Waals surface area contributed by atoms with Crippen LogP contribution in [0, 0.1) is 10.1 Å². The van der Waals surface area contributed by atoms with Gasteiger partial charge in [0.2, 0.25) is 5.75 Å². The van der Waals surface area contributed by atoms with Crippen LogP contribution in [0.3, 0.4) is 0 Å². The fourth-order valence-corrected chi connectivity index (χ4v) is 1.84. The van der Waals surface area contributed by atoms with E-state index in [1.54, 1.807) is 10.9 Å². The zero-order valence-corrected chi connectivity index (χ0v) is 11.2. The SMILES string of the molecule is CCCn1cc(Oc2cccc(C(=O)O)c2[N+](=O)[O-])cn1. The fourth-order valence-electron chi connectivity index (χ4n) is 1.84. The standard InChI is InChI=1S/C13H13N3O5/c1-2-6-15-8-9(7-14-15)21-11-5-3-4-10(13(17)18)12(11)16(19)20/h3-5,7-8H,2,6H2,1H3,(H,17,18). The molecule has 0 bridgehead atoms. The van der Waals surface area contributed by atoms with Crippen LogP contribution in [0.25, 0.3) is 0 Å². The van der Waals surface area contributed by atoms with Crippen LogP contribution in [0.1, 0.15) is 23.7 Å². The second-order valence-corrected chi connectivity index (χ2v) is 4.26. The van der Waals surface area contributed by atoms with Gasteiger partial charge in [0.05, 0.1) is 17.3 Å². The minimum Gasteiger partial charge on any atom is -0.477 e. The highest BCUT2D eigenvalue weighted by Gasteiger charge is 2.25. The molecular weight excluding hydrogens is 278 g/mol. The van der Waals surface area contributed by atoms with Crippen LogP contribution in [0.5, 0.6) is 11.5 Å². The van der Waals surface area contributed by atoms with E-state index < -0.39 is 22.1 Å². The van der Waals surface area contributed by atoms with Gasteiger partial charge in [-0.15, -0.1) is 0 Å². The molecule has 0 spiro atoms. The summed E-state index contributed by atoms with van der Waals surface area (Å²) in [4.78, 5) is 21.4. The average Bonchev–Trinajstić information content (AvgIpc) is 2.86. The normalized spacial score (nSPS) is 10.3. The molecular formula is C13H13N3O5. The van der Waals surface area contributed by atoms with Crippen molar-refractivity contribution in [3.63, 3.8) is 0 Å². The molecule has 0 fully saturated rings. The monoisotopic (exact) mass is 291 g/mol. The van der Waals surface area contributed by atoms with Gasteiger partial charge in [0, 0.05) is 6.54 Å². The summed E-state index contributed by atoms with van der Waals surface area (Å²) >= 11 is 0. The van der Waals surface area contributed by atoms with Crippen molar-refractivity contribution in [3.8, 4) is 11.5 Å². The minimum absolute atomic E-state index is 0.129. The molecule has 0 aliphatic rings. The van der Waals surface area contributed by atoms with Gasteiger partial charge in [-0.25, -0.2) is 4.79 Å². The van der Waals surface area contributed by atoms with E-state index in [-0.39, 0.29) is 5.75 Å². The first kappa shape index (κ1) is 14.5. The number of carboxylic acid groups (broad SMARTS) is 1. The third-order valence-corrected chi connectivity index (χ3v) is 2.70. The second kappa shape index (κ2) is 6.04. The van der Waals surface area contributed by atoms with Gasteiger partial charge in [-0.1, -0.05) is 13.0 Å². The largest absolute Gasteiger partial charge is 0.477 e. The number of aromatic nitrogens is 2. The molecule has 21 heavy (non-hydrogen) atoms. The van der Waals surface area contributed by atoms with Crippen molar-refractivity contribution in [3.05, 3.63) is 46.3 Å². The lowest BCUT2D eigenvalue weighted by atomic mass is 10.1. The lowest BCUT2D eigenvalue weighted by Gasteiger charge is -2.05. The Morgan fingerprint density at radius 1 is 1.52 bits per heavy atom. The number of ether oxygens (including phenoxy) is 1. The first-order chi connectivity index (χ1) is 10.0. The molecule has 0 unspecified atom stereocenters. The number of carboxylic acids is 1. The molecule has 0 radical (unpaired) electrons. The Bertz CT molecular complexity index is 680. The highest BCUT2D eigenvalue weighted by atomic mass is 16.6. The summed E-state index contributed by atoms with van der Waals surface area (Å²) in [7, 11) is 0. The Morgan fingerprint density at radius 3 is 2.90 bits per heavy atom. The summed E-state index contributed by atoms with van der Waals surface area (Å²) in [6.07, 6.45) is 3.91. The quantitative estimate of drug-likeness (QED) is 0.647. The van der Waals surface area contributed by atoms with Crippen LogP contribution in [0.15, 0.2) is 30.6 Å². The van der Waals surface area contributed by atoms with Gasteiger partial charge in [0.25, 0.3) is 0 Å². The molecule has 1 heterocycles. The minimum atomic E-state index is -1.38. The van der Waals surface area contributed by atoms with Crippen molar-refractivity contribution in [2.45, 2.75) is 19.9 Å². The number of nitrogens with zero attached hydrogens (tertiary/aromatic N) is 3. The third kappa shape index (κ3) is 3.16. The Morgan fingerprint density at radius 2 is 2.29 bits per heavy atom. The van der Waals surface area contributed by atoms with Gasteiger partial charge < -0.3 is 9.84 Å². The molecule has 110 valence electrons. The summed E-state index contributed by atoms with van der Waals surface area (Å²) < 4.78 is 7.04. The maximum Gasteiger partial charge on any atom is 0.342 e. The maximum absolute atomic E-state index is 11.1. The Balaban J connectivity index is 2.36. The summed E-state index contributed by atoms with van der Waals surface area (Å²) in [5.41, 5.74) is -0.994. The number of aryl methyl sites for hydroxylation is 1. The van der Waals surface area contributed by atoms with Crippen LogP contribution < -0.4 is 4.74 Å². The molecule has 0 atom stereocenters. The molecule has 0 aliphatic heterocycles. The molecule has 1 N–H and O–H groups in total. The molecule has 0 amide bonds.